The molecule has 1 aliphatic rings. The van der Waals surface area contributed by atoms with Crippen molar-refractivity contribution in [3.05, 3.63) is 53.6 Å². The quantitative estimate of drug-likeness (QED) is 0.884. The maximum Gasteiger partial charge on any atom is 0.261 e. The minimum atomic E-state index is -3.84. The van der Waals surface area contributed by atoms with E-state index in [-0.39, 0.29) is 23.1 Å². The largest absolute Gasteiger partial charge is 0.345 e. The molecule has 0 saturated carbocycles. The van der Waals surface area contributed by atoms with Crippen molar-refractivity contribution in [3.63, 3.8) is 0 Å². The van der Waals surface area contributed by atoms with E-state index in [2.05, 4.69) is 4.72 Å². The number of hydrogen-bond acceptors (Lipinski definition) is 4. The molecule has 8 heteroatoms. The monoisotopic (exact) mass is 373 g/mol. The molecule has 0 radical (unpaired) electrons. The fourth-order valence-electron chi connectivity index (χ4n) is 2.80. The summed E-state index contributed by atoms with van der Waals surface area (Å²) in [4.78, 5) is 26.8. The summed E-state index contributed by atoms with van der Waals surface area (Å²) in [5.41, 5.74) is 2.08. The second kappa shape index (κ2) is 6.45. The van der Waals surface area contributed by atoms with E-state index in [1.807, 2.05) is 0 Å². The van der Waals surface area contributed by atoms with E-state index in [9.17, 15) is 18.0 Å². The molecule has 0 spiro atoms. The van der Waals surface area contributed by atoms with Crippen LogP contribution in [0.5, 0.6) is 0 Å². The molecular formula is C18H19N3O4S. The summed E-state index contributed by atoms with van der Waals surface area (Å²) in [6, 6.07) is 10.9. The molecule has 0 aliphatic carbocycles. The maximum absolute atomic E-state index is 12.7. The first kappa shape index (κ1) is 17.9. The van der Waals surface area contributed by atoms with Crippen LogP contribution in [0.25, 0.3) is 0 Å². The van der Waals surface area contributed by atoms with Crippen LogP contribution in [0.1, 0.15) is 15.9 Å². The summed E-state index contributed by atoms with van der Waals surface area (Å²) in [7, 11) is 1.08. The first-order chi connectivity index (χ1) is 12.2. The summed E-state index contributed by atoms with van der Waals surface area (Å²) in [5.74, 6) is -0.289. The predicted molar refractivity (Wildman–Crippen MR) is 98.8 cm³/mol. The van der Waals surface area contributed by atoms with Gasteiger partial charge in [0.05, 0.1) is 11.3 Å². The third-order valence-electron chi connectivity index (χ3n) is 4.21. The Morgan fingerprint density at radius 2 is 1.88 bits per heavy atom. The molecule has 0 bridgehead atoms. The summed E-state index contributed by atoms with van der Waals surface area (Å²) in [6.07, 6.45) is 0.183. The van der Waals surface area contributed by atoms with Crippen LogP contribution in [0.2, 0.25) is 0 Å². The van der Waals surface area contributed by atoms with Gasteiger partial charge in [-0.25, -0.2) is 8.42 Å². The topological polar surface area (TPSA) is 86.8 Å². The van der Waals surface area contributed by atoms with E-state index < -0.39 is 10.0 Å². The molecule has 136 valence electrons. The molecule has 3 rings (SSSR count). The lowest BCUT2D eigenvalue weighted by Gasteiger charge is -2.13. The van der Waals surface area contributed by atoms with Gasteiger partial charge >= 0.3 is 0 Å². The van der Waals surface area contributed by atoms with Gasteiger partial charge in [0.25, 0.3) is 15.9 Å². The van der Waals surface area contributed by atoms with Crippen LogP contribution >= 0.6 is 0 Å². The molecule has 26 heavy (non-hydrogen) atoms. The molecular weight excluding hydrogens is 354 g/mol. The maximum atomic E-state index is 12.7. The van der Waals surface area contributed by atoms with Crippen LogP contribution in [0.4, 0.5) is 11.4 Å². The Morgan fingerprint density at radius 3 is 2.58 bits per heavy atom. The first-order valence-corrected chi connectivity index (χ1v) is 9.41. The number of sulfonamides is 1. The molecule has 0 saturated heterocycles. The molecule has 1 aliphatic heterocycles. The van der Waals surface area contributed by atoms with Gasteiger partial charge in [-0.3, -0.25) is 14.3 Å². The van der Waals surface area contributed by atoms with E-state index in [0.29, 0.717) is 22.5 Å². The van der Waals surface area contributed by atoms with Crippen molar-refractivity contribution in [1.82, 2.24) is 4.90 Å². The molecule has 2 amide bonds. The number of hydrogen-bond donors (Lipinski definition) is 1. The van der Waals surface area contributed by atoms with E-state index in [4.69, 9.17) is 0 Å². The Morgan fingerprint density at radius 1 is 1.15 bits per heavy atom. The third kappa shape index (κ3) is 3.28. The van der Waals surface area contributed by atoms with Crippen molar-refractivity contribution in [2.75, 3.05) is 30.8 Å². The molecule has 2 aromatic carbocycles. The van der Waals surface area contributed by atoms with Crippen molar-refractivity contribution < 1.29 is 18.0 Å². The fraction of sp³-hybridized carbons (Fsp3) is 0.222. The normalized spacial score (nSPS) is 13.5. The van der Waals surface area contributed by atoms with Crippen molar-refractivity contribution in [3.8, 4) is 0 Å². The van der Waals surface area contributed by atoms with Gasteiger partial charge in [-0.15, -0.1) is 0 Å². The lowest BCUT2D eigenvalue weighted by molar-refractivity contribution is -0.117. The van der Waals surface area contributed by atoms with Gasteiger partial charge in [0.2, 0.25) is 5.91 Å². The van der Waals surface area contributed by atoms with Crippen molar-refractivity contribution in [2.45, 2.75) is 11.3 Å². The number of anilines is 2. The van der Waals surface area contributed by atoms with Crippen molar-refractivity contribution >= 4 is 33.2 Å². The Bertz CT molecular complexity index is 999. The lowest BCUT2D eigenvalue weighted by Crippen LogP contribution is -2.22. The van der Waals surface area contributed by atoms with E-state index in [1.54, 1.807) is 45.4 Å². The molecule has 0 atom stereocenters. The highest BCUT2D eigenvalue weighted by Crippen LogP contribution is 2.30. The molecule has 0 unspecified atom stereocenters. The van der Waals surface area contributed by atoms with Crippen LogP contribution in [-0.4, -0.2) is 46.3 Å². The minimum Gasteiger partial charge on any atom is -0.345 e. The summed E-state index contributed by atoms with van der Waals surface area (Å²) in [6.45, 7) is 0. The third-order valence-corrected chi connectivity index (χ3v) is 5.59. The number of benzene rings is 2. The average molecular weight is 373 g/mol. The van der Waals surface area contributed by atoms with E-state index in [0.717, 1.165) is 0 Å². The lowest BCUT2D eigenvalue weighted by atomic mass is 10.2. The van der Waals surface area contributed by atoms with Gasteiger partial charge < -0.3 is 9.80 Å². The van der Waals surface area contributed by atoms with E-state index in [1.165, 1.54) is 28.0 Å². The van der Waals surface area contributed by atoms with Gasteiger partial charge in [0, 0.05) is 38.1 Å². The van der Waals surface area contributed by atoms with Crippen LogP contribution in [0.15, 0.2) is 47.4 Å². The molecule has 0 aromatic heterocycles. The van der Waals surface area contributed by atoms with Gasteiger partial charge in [0.15, 0.2) is 0 Å². The number of amides is 2. The Balaban J connectivity index is 1.89. The number of fused-ring (bicyclic) bond motifs is 1. The second-order valence-corrected chi connectivity index (χ2v) is 7.99. The highest BCUT2D eigenvalue weighted by Gasteiger charge is 2.26. The molecule has 1 N–H and O–H groups in total. The van der Waals surface area contributed by atoms with Gasteiger partial charge in [-0.2, -0.15) is 0 Å². The zero-order valence-electron chi connectivity index (χ0n) is 14.7. The first-order valence-electron chi connectivity index (χ1n) is 7.93. The van der Waals surface area contributed by atoms with Gasteiger partial charge in [-0.1, -0.05) is 6.07 Å². The van der Waals surface area contributed by atoms with Crippen molar-refractivity contribution in [1.29, 1.82) is 0 Å². The summed E-state index contributed by atoms with van der Waals surface area (Å²) < 4.78 is 27.8. The zero-order chi connectivity index (χ0) is 19.1. The Labute approximate surface area is 152 Å². The van der Waals surface area contributed by atoms with Crippen LogP contribution in [0.3, 0.4) is 0 Å². The van der Waals surface area contributed by atoms with Crippen LogP contribution in [0, 0.1) is 0 Å². The standard InChI is InChI=1S/C18H19N3O4S/c1-20(2)18(23)12-5-4-6-14(9-12)19-26(24,25)15-7-8-16-13(10-15)11-17(22)21(16)3/h4-10,19H,11H2,1-3H3. The SMILES string of the molecule is CN(C)C(=O)c1cccc(NS(=O)(=O)c2ccc3c(c2)CC(=O)N3C)c1. The highest BCUT2D eigenvalue weighted by molar-refractivity contribution is 7.92. The average Bonchev–Trinajstić information content (AvgIpc) is 2.88. The molecule has 1 heterocycles. The molecule has 7 nitrogen and oxygen atoms in total. The summed E-state index contributed by atoms with van der Waals surface area (Å²) in [5, 5.41) is 0. The van der Waals surface area contributed by atoms with Gasteiger partial charge in [0.1, 0.15) is 0 Å². The van der Waals surface area contributed by atoms with E-state index >= 15 is 0 Å². The van der Waals surface area contributed by atoms with Gasteiger partial charge in [-0.05, 0) is 42.0 Å². The smallest absolute Gasteiger partial charge is 0.261 e. The minimum absolute atomic E-state index is 0.0718. The number of nitrogens with one attached hydrogen (secondary N) is 1. The number of rotatable bonds is 4. The van der Waals surface area contributed by atoms with Crippen LogP contribution in [-0.2, 0) is 21.2 Å². The summed E-state index contributed by atoms with van der Waals surface area (Å²) >= 11 is 0. The Kier molecular flexibility index (Phi) is 4.45. The number of carbonyl (C=O) groups excluding carboxylic acids is 2. The predicted octanol–water partition coefficient (Wildman–Crippen LogP) is 1.71. The zero-order valence-corrected chi connectivity index (χ0v) is 15.5. The number of likely N-dealkylation sites (N-methyl/N-ethyl adjacent to an activating group) is 1. The number of nitrogens with zero attached hydrogens (tertiary/aromatic N) is 2. The Hall–Kier alpha value is -2.87. The molecule has 0 fully saturated rings. The number of carbonyl (C=O) groups is 2. The van der Waals surface area contributed by atoms with Crippen LogP contribution < -0.4 is 9.62 Å². The molecule has 2 aromatic rings. The fourth-order valence-corrected chi connectivity index (χ4v) is 3.90. The van der Waals surface area contributed by atoms with Crippen molar-refractivity contribution in [2.24, 2.45) is 0 Å². The highest BCUT2D eigenvalue weighted by atomic mass is 32.2. The second-order valence-electron chi connectivity index (χ2n) is 6.31.